The smallest absolute Gasteiger partial charge is 0.295 e. The van der Waals surface area contributed by atoms with E-state index in [1.165, 1.54) is 24.1 Å². The van der Waals surface area contributed by atoms with E-state index in [4.69, 9.17) is 4.74 Å². The van der Waals surface area contributed by atoms with Crippen LogP contribution in [-0.4, -0.2) is 59.9 Å². The number of aliphatic hydroxyl groups is 1. The summed E-state index contributed by atoms with van der Waals surface area (Å²) in [6.45, 7) is 7.13. The number of nitrogens with zero attached hydrogens (tertiary/aromatic N) is 2. The molecular formula is C27H31FN2O4. The highest BCUT2D eigenvalue weighted by atomic mass is 19.1. The summed E-state index contributed by atoms with van der Waals surface area (Å²) in [6, 6.07) is 10.7. The van der Waals surface area contributed by atoms with Gasteiger partial charge in [0.15, 0.2) is 0 Å². The minimum atomic E-state index is -0.775. The molecule has 0 spiro atoms. The Kier molecular flexibility index (Phi) is 7.03. The molecule has 1 atom stereocenters. The highest BCUT2D eigenvalue weighted by Gasteiger charge is 2.46. The van der Waals surface area contributed by atoms with Crippen molar-refractivity contribution in [1.29, 1.82) is 0 Å². The fourth-order valence-corrected chi connectivity index (χ4v) is 4.79. The van der Waals surface area contributed by atoms with Crippen molar-refractivity contribution >= 4 is 17.4 Å². The number of ketones is 1. The summed E-state index contributed by atoms with van der Waals surface area (Å²) < 4.78 is 19.3. The Balaban J connectivity index is 1.81. The van der Waals surface area contributed by atoms with Gasteiger partial charge in [-0.2, -0.15) is 0 Å². The second kappa shape index (κ2) is 9.97. The van der Waals surface area contributed by atoms with Crippen LogP contribution < -0.4 is 4.74 Å². The summed E-state index contributed by atoms with van der Waals surface area (Å²) >= 11 is 0. The number of hydrogen-bond donors (Lipinski definition) is 1. The monoisotopic (exact) mass is 466 g/mol. The van der Waals surface area contributed by atoms with Gasteiger partial charge in [0.25, 0.3) is 11.7 Å². The summed E-state index contributed by atoms with van der Waals surface area (Å²) in [5.41, 5.74) is 1.85. The van der Waals surface area contributed by atoms with E-state index < -0.39 is 29.3 Å². The zero-order valence-electron chi connectivity index (χ0n) is 19.9. The van der Waals surface area contributed by atoms with Gasteiger partial charge in [-0.15, -0.1) is 0 Å². The van der Waals surface area contributed by atoms with E-state index in [0.717, 1.165) is 43.1 Å². The van der Waals surface area contributed by atoms with Crippen LogP contribution in [0.15, 0.2) is 48.0 Å². The number of amides is 1. The maximum absolute atomic E-state index is 14.1. The molecule has 0 aromatic heterocycles. The zero-order chi connectivity index (χ0) is 24.4. The Morgan fingerprint density at radius 2 is 1.76 bits per heavy atom. The topological polar surface area (TPSA) is 70.1 Å². The van der Waals surface area contributed by atoms with Crippen molar-refractivity contribution in [2.45, 2.75) is 38.6 Å². The Bertz CT molecular complexity index is 1100. The van der Waals surface area contributed by atoms with E-state index in [0.29, 0.717) is 19.0 Å². The third-order valence-electron chi connectivity index (χ3n) is 6.73. The van der Waals surface area contributed by atoms with Gasteiger partial charge >= 0.3 is 0 Å². The van der Waals surface area contributed by atoms with E-state index in [-0.39, 0.29) is 16.9 Å². The molecule has 2 aromatic carbocycles. The predicted octanol–water partition coefficient (Wildman–Crippen LogP) is 4.48. The average Bonchev–Trinajstić information content (AvgIpc) is 3.44. The number of carbonyl (C=O) groups is 2. The van der Waals surface area contributed by atoms with Crippen molar-refractivity contribution in [3.63, 3.8) is 0 Å². The molecule has 34 heavy (non-hydrogen) atoms. The number of ether oxygens (including phenoxy) is 1. The molecule has 0 aliphatic carbocycles. The Hall–Kier alpha value is -3.19. The number of hydrogen-bond acceptors (Lipinski definition) is 5. The number of benzene rings is 2. The highest BCUT2D eigenvalue weighted by Crippen LogP contribution is 2.41. The molecular weight excluding hydrogens is 435 g/mol. The molecule has 2 heterocycles. The highest BCUT2D eigenvalue weighted by molar-refractivity contribution is 6.46. The van der Waals surface area contributed by atoms with Crippen LogP contribution in [0.2, 0.25) is 0 Å². The van der Waals surface area contributed by atoms with Crippen molar-refractivity contribution in [2.24, 2.45) is 0 Å². The molecule has 0 bridgehead atoms. The number of likely N-dealkylation sites (tertiary alicyclic amines) is 2. The van der Waals surface area contributed by atoms with Gasteiger partial charge in [0.1, 0.15) is 17.3 Å². The van der Waals surface area contributed by atoms with E-state index in [2.05, 4.69) is 18.7 Å². The van der Waals surface area contributed by atoms with Gasteiger partial charge < -0.3 is 19.6 Å². The van der Waals surface area contributed by atoms with Crippen molar-refractivity contribution in [2.75, 3.05) is 33.3 Å². The standard InChI is InChI=1S/C27H31FN2O4/c1-17(2)18-6-8-19(9-7-18)24-23(25(31)21-16-20(28)10-11-22(21)34-3)26(32)27(33)30(24)15-14-29-12-4-5-13-29/h6-11,16-17,24,31H,4-5,12-15H2,1-3H3/b25-23+. The quantitative estimate of drug-likeness (QED) is 0.370. The largest absolute Gasteiger partial charge is 0.507 e. The van der Waals surface area contributed by atoms with Crippen LogP contribution in [0.4, 0.5) is 4.39 Å². The fraction of sp³-hybridized carbons (Fsp3) is 0.407. The summed E-state index contributed by atoms with van der Waals surface area (Å²) in [5, 5.41) is 11.2. The molecule has 4 rings (SSSR count). The molecule has 2 aliphatic rings. The summed E-state index contributed by atoms with van der Waals surface area (Å²) in [6.07, 6.45) is 2.25. The molecule has 1 amide bonds. The molecule has 2 aromatic rings. The van der Waals surface area contributed by atoms with Crippen LogP contribution >= 0.6 is 0 Å². The van der Waals surface area contributed by atoms with E-state index in [9.17, 15) is 19.1 Å². The number of methoxy groups -OCH3 is 1. The number of halogens is 1. The summed E-state index contributed by atoms with van der Waals surface area (Å²) in [7, 11) is 1.40. The van der Waals surface area contributed by atoms with Crippen molar-refractivity contribution in [1.82, 2.24) is 9.80 Å². The average molecular weight is 467 g/mol. The predicted molar refractivity (Wildman–Crippen MR) is 128 cm³/mol. The van der Waals surface area contributed by atoms with Crippen LogP contribution in [0.1, 0.15) is 55.3 Å². The molecule has 2 aliphatic heterocycles. The third kappa shape index (κ3) is 4.57. The summed E-state index contributed by atoms with van der Waals surface area (Å²) in [5.74, 6) is -1.90. The Morgan fingerprint density at radius 3 is 2.38 bits per heavy atom. The minimum Gasteiger partial charge on any atom is -0.507 e. The van der Waals surface area contributed by atoms with Crippen molar-refractivity contribution in [3.05, 3.63) is 70.5 Å². The molecule has 2 fully saturated rings. The van der Waals surface area contributed by atoms with Crippen LogP contribution in [0.5, 0.6) is 5.75 Å². The van der Waals surface area contributed by atoms with E-state index in [1.807, 2.05) is 24.3 Å². The molecule has 1 N–H and O–H groups in total. The second-order valence-electron chi connectivity index (χ2n) is 9.21. The zero-order valence-corrected chi connectivity index (χ0v) is 19.9. The number of aliphatic hydroxyl groups excluding tert-OH is 1. The van der Waals surface area contributed by atoms with Gasteiger partial charge in [0.2, 0.25) is 0 Å². The number of carbonyl (C=O) groups excluding carboxylic acids is 2. The van der Waals surface area contributed by atoms with Crippen molar-refractivity contribution < 1.29 is 23.8 Å². The van der Waals surface area contributed by atoms with E-state index in [1.54, 1.807) is 0 Å². The lowest BCUT2D eigenvalue weighted by atomic mass is 9.93. The first-order valence-electron chi connectivity index (χ1n) is 11.8. The lowest BCUT2D eigenvalue weighted by Crippen LogP contribution is -2.37. The summed E-state index contributed by atoms with van der Waals surface area (Å²) in [4.78, 5) is 30.2. The Morgan fingerprint density at radius 1 is 1.09 bits per heavy atom. The van der Waals surface area contributed by atoms with Crippen LogP contribution in [0, 0.1) is 5.82 Å². The molecule has 7 heteroatoms. The number of rotatable bonds is 7. The lowest BCUT2D eigenvalue weighted by Gasteiger charge is -2.27. The molecule has 0 radical (unpaired) electrons. The minimum absolute atomic E-state index is 0.0452. The van der Waals surface area contributed by atoms with Gasteiger partial charge in [-0.25, -0.2) is 4.39 Å². The first kappa shape index (κ1) is 24.0. The maximum Gasteiger partial charge on any atom is 0.295 e. The second-order valence-corrected chi connectivity index (χ2v) is 9.21. The Labute approximate surface area is 199 Å². The van der Waals surface area contributed by atoms with Gasteiger partial charge in [-0.1, -0.05) is 38.1 Å². The van der Waals surface area contributed by atoms with Crippen LogP contribution in [0.25, 0.3) is 5.76 Å². The molecule has 2 saturated heterocycles. The van der Waals surface area contributed by atoms with E-state index >= 15 is 0 Å². The maximum atomic E-state index is 14.1. The van der Waals surface area contributed by atoms with Gasteiger partial charge in [-0.05, 0) is 61.2 Å². The third-order valence-corrected chi connectivity index (χ3v) is 6.73. The van der Waals surface area contributed by atoms with Crippen LogP contribution in [0.3, 0.4) is 0 Å². The SMILES string of the molecule is COc1ccc(F)cc1/C(O)=C1\C(=O)C(=O)N(CCN2CCCC2)C1c1ccc(C(C)C)cc1. The first-order valence-corrected chi connectivity index (χ1v) is 11.8. The number of Topliss-reactive ketones (excluding diaryl/α,β-unsaturated/α-hetero) is 1. The van der Waals surface area contributed by atoms with Crippen LogP contribution in [-0.2, 0) is 9.59 Å². The fourth-order valence-electron chi connectivity index (χ4n) is 4.79. The molecule has 6 nitrogen and oxygen atoms in total. The van der Waals surface area contributed by atoms with Crippen molar-refractivity contribution in [3.8, 4) is 5.75 Å². The molecule has 1 unspecified atom stereocenters. The lowest BCUT2D eigenvalue weighted by molar-refractivity contribution is -0.140. The van der Waals surface area contributed by atoms with Gasteiger partial charge in [0.05, 0.1) is 24.3 Å². The molecule has 180 valence electrons. The molecule has 0 saturated carbocycles. The van der Waals surface area contributed by atoms with Gasteiger partial charge in [-0.3, -0.25) is 9.59 Å². The van der Waals surface area contributed by atoms with Gasteiger partial charge in [0, 0.05) is 13.1 Å². The first-order chi connectivity index (χ1) is 16.3. The normalized spacial score (nSPS) is 20.5.